The van der Waals surface area contributed by atoms with Crippen molar-refractivity contribution < 1.29 is 4.79 Å². The SMILES string of the molecule is O=C(Cc1cccc2ccc(Cl)nc12)Nc1cnccn1. The Bertz CT molecular complexity index is 792. The molecular weight excluding hydrogens is 288 g/mol. The fraction of sp³-hybridized carbons (Fsp3) is 0.0667. The second kappa shape index (κ2) is 5.85. The fourth-order valence-corrected chi connectivity index (χ4v) is 2.20. The van der Waals surface area contributed by atoms with Gasteiger partial charge in [-0.2, -0.15) is 0 Å². The molecule has 0 unspecified atom stereocenters. The highest BCUT2D eigenvalue weighted by Gasteiger charge is 2.09. The van der Waals surface area contributed by atoms with Crippen molar-refractivity contribution in [3.8, 4) is 0 Å². The molecule has 3 aromatic rings. The maximum atomic E-state index is 12.1. The van der Waals surface area contributed by atoms with Gasteiger partial charge in [0.2, 0.25) is 5.91 Å². The third kappa shape index (κ3) is 3.14. The van der Waals surface area contributed by atoms with Crippen LogP contribution in [0.25, 0.3) is 10.9 Å². The number of para-hydroxylation sites is 1. The summed E-state index contributed by atoms with van der Waals surface area (Å²) >= 11 is 5.93. The zero-order chi connectivity index (χ0) is 14.7. The fourth-order valence-electron chi connectivity index (χ4n) is 2.05. The molecule has 0 aliphatic rings. The molecule has 1 N–H and O–H groups in total. The Hall–Kier alpha value is -2.53. The number of pyridine rings is 1. The van der Waals surface area contributed by atoms with Gasteiger partial charge in [-0.25, -0.2) is 9.97 Å². The number of aromatic nitrogens is 3. The molecule has 0 aliphatic carbocycles. The lowest BCUT2D eigenvalue weighted by Gasteiger charge is -2.07. The van der Waals surface area contributed by atoms with Crippen LogP contribution in [0.4, 0.5) is 5.82 Å². The van der Waals surface area contributed by atoms with Gasteiger partial charge in [0.05, 0.1) is 18.1 Å². The maximum absolute atomic E-state index is 12.1. The molecule has 0 fully saturated rings. The third-order valence-corrected chi connectivity index (χ3v) is 3.16. The first-order valence-corrected chi connectivity index (χ1v) is 6.70. The van der Waals surface area contributed by atoms with Crippen LogP contribution >= 0.6 is 11.6 Å². The molecule has 0 radical (unpaired) electrons. The van der Waals surface area contributed by atoms with Gasteiger partial charge in [-0.05, 0) is 17.7 Å². The smallest absolute Gasteiger partial charge is 0.230 e. The maximum Gasteiger partial charge on any atom is 0.230 e. The van der Waals surface area contributed by atoms with E-state index in [4.69, 9.17) is 11.6 Å². The lowest BCUT2D eigenvalue weighted by atomic mass is 10.1. The van der Waals surface area contributed by atoms with Crippen molar-refractivity contribution in [3.05, 3.63) is 59.6 Å². The molecule has 1 aromatic carbocycles. The lowest BCUT2D eigenvalue weighted by molar-refractivity contribution is -0.115. The lowest BCUT2D eigenvalue weighted by Crippen LogP contribution is -2.15. The van der Waals surface area contributed by atoms with Gasteiger partial charge in [-0.3, -0.25) is 9.78 Å². The Morgan fingerprint density at radius 3 is 2.90 bits per heavy atom. The number of nitrogens with zero attached hydrogens (tertiary/aromatic N) is 3. The molecule has 2 heterocycles. The summed E-state index contributed by atoms with van der Waals surface area (Å²) in [5.74, 6) is 0.249. The monoisotopic (exact) mass is 298 g/mol. The quantitative estimate of drug-likeness (QED) is 0.755. The molecule has 0 saturated carbocycles. The largest absolute Gasteiger partial charge is 0.309 e. The van der Waals surface area contributed by atoms with Crippen molar-refractivity contribution in [2.24, 2.45) is 0 Å². The number of halogens is 1. The Balaban J connectivity index is 1.84. The van der Waals surface area contributed by atoms with Gasteiger partial charge in [0, 0.05) is 17.8 Å². The summed E-state index contributed by atoms with van der Waals surface area (Å²) in [5, 5.41) is 4.05. The second-order valence-corrected chi connectivity index (χ2v) is 4.83. The van der Waals surface area contributed by atoms with E-state index in [-0.39, 0.29) is 12.3 Å². The van der Waals surface area contributed by atoms with Crippen LogP contribution in [0.5, 0.6) is 0 Å². The van der Waals surface area contributed by atoms with Crippen LogP contribution in [0.3, 0.4) is 0 Å². The van der Waals surface area contributed by atoms with E-state index in [1.807, 2.05) is 24.3 Å². The molecule has 21 heavy (non-hydrogen) atoms. The van der Waals surface area contributed by atoms with E-state index in [2.05, 4.69) is 20.3 Å². The van der Waals surface area contributed by atoms with Gasteiger partial charge in [-0.15, -0.1) is 0 Å². The first kappa shape index (κ1) is 13.5. The van der Waals surface area contributed by atoms with Crippen LogP contribution in [-0.4, -0.2) is 20.9 Å². The molecule has 0 saturated heterocycles. The minimum absolute atomic E-state index is 0.176. The van der Waals surface area contributed by atoms with Crippen molar-refractivity contribution in [1.82, 2.24) is 15.0 Å². The van der Waals surface area contributed by atoms with Gasteiger partial charge >= 0.3 is 0 Å². The highest BCUT2D eigenvalue weighted by atomic mass is 35.5. The second-order valence-electron chi connectivity index (χ2n) is 4.44. The van der Waals surface area contributed by atoms with E-state index in [0.29, 0.717) is 11.0 Å². The first-order valence-electron chi connectivity index (χ1n) is 6.32. The number of fused-ring (bicyclic) bond motifs is 1. The first-order chi connectivity index (χ1) is 10.2. The van der Waals surface area contributed by atoms with Crippen LogP contribution in [0, 0.1) is 0 Å². The molecule has 2 aromatic heterocycles. The van der Waals surface area contributed by atoms with E-state index >= 15 is 0 Å². The average molecular weight is 299 g/mol. The van der Waals surface area contributed by atoms with Crippen molar-refractivity contribution in [1.29, 1.82) is 0 Å². The molecule has 5 nitrogen and oxygen atoms in total. The Kier molecular flexibility index (Phi) is 3.75. The Morgan fingerprint density at radius 1 is 1.19 bits per heavy atom. The minimum atomic E-state index is -0.176. The third-order valence-electron chi connectivity index (χ3n) is 2.95. The minimum Gasteiger partial charge on any atom is -0.309 e. The number of hydrogen-bond donors (Lipinski definition) is 1. The summed E-state index contributed by atoms with van der Waals surface area (Å²) in [6.07, 6.45) is 4.76. The van der Waals surface area contributed by atoms with Crippen molar-refractivity contribution in [2.75, 3.05) is 5.32 Å². The standard InChI is InChI=1S/C15H11ClN4O/c16-12-5-4-10-2-1-3-11(15(10)19-12)8-14(21)20-13-9-17-6-7-18-13/h1-7,9H,8H2,(H,18,20,21). The number of amides is 1. The normalized spacial score (nSPS) is 10.5. The van der Waals surface area contributed by atoms with Gasteiger partial charge in [0.1, 0.15) is 5.15 Å². The molecule has 0 aliphatic heterocycles. The van der Waals surface area contributed by atoms with Crippen LogP contribution in [0.2, 0.25) is 5.15 Å². The number of carbonyl (C=O) groups excluding carboxylic acids is 1. The summed E-state index contributed by atoms with van der Waals surface area (Å²) in [4.78, 5) is 24.3. The van der Waals surface area contributed by atoms with Crippen molar-refractivity contribution >= 4 is 34.2 Å². The predicted octanol–water partition coefficient (Wildman–Crippen LogP) is 2.86. The zero-order valence-corrected chi connectivity index (χ0v) is 11.7. The molecule has 104 valence electrons. The van der Waals surface area contributed by atoms with Crippen molar-refractivity contribution in [2.45, 2.75) is 6.42 Å². The van der Waals surface area contributed by atoms with Gasteiger partial charge < -0.3 is 5.32 Å². The average Bonchev–Trinajstić information content (AvgIpc) is 2.49. The summed E-state index contributed by atoms with van der Waals surface area (Å²) in [6, 6.07) is 9.30. The van der Waals surface area contributed by atoms with Gasteiger partial charge in [0.15, 0.2) is 5.82 Å². The van der Waals surface area contributed by atoms with Crippen molar-refractivity contribution in [3.63, 3.8) is 0 Å². The summed E-state index contributed by atoms with van der Waals surface area (Å²) in [7, 11) is 0. The van der Waals surface area contributed by atoms with Crippen LogP contribution < -0.4 is 5.32 Å². The number of carbonyl (C=O) groups is 1. The molecular formula is C15H11ClN4O. The van der Waals surface area contributed by atoms with Crippen LogP contribution in [0.15, 0.2) is 48.9 Å². The summed E-state index contributed by atoms with van der Waals surface area (Å²) in [5.41, 5.74) is 1.55. The topological polar surface area (TPSA) is 67.8 Å². The molecule has 6 heteroatoms. The predicted molar refractivity (Wildman–Crippen MR) is 81.1 cm³/mol. The number of hydrogen-bond acceptors (Lipinski definition) is 4. The number of benzene rings is 1. The number of nitrogens with one attached hydrogen (secondary N) is 1. The molecule has 1 amide bonds. The highest BCUT2D eigenvalue weighted by Crippen LogP contribution is 2.20. The highest BCUT2D eigenvalue weighted by molar-refractivity contribution is 6.29. The molecule has 0 atom stereocenters. The van der Waals surface area contributed by atoms with Gasteiger partial charge in [-0.1, -0.05) is 29.8 Å². The molecule has 0 bridgehead atoms. The summed E-state index contributed by atoms with van der Waals surface area (Å²) < 4.78 is 0. The number of rotatable bonds is 3. The zero-order valence-electron chi connectivity index (χ0n) is 11.0. The van der Waals surface area contributed by atoms with E-state index in [1.165, 1.54) is 12.4 Å². The van der Waals surface area contributed by atoms with Crippen LogP contribution in [-0.2, 0) is 11.2 Å². The van der Waals surface area contributed by atoms with Gasteiger partial charge in [0.25, 0.3) is 0 Å². The number of anilines is 1. The van der Waals surface area contributed by atoms with E-state index in [1.54, 1.807) is 12.3 Å². The summed E-state index contributed by atoms with van der Waals surface area (Å²) in [6.45, 7) is 0. The van der Waals surface area contributed by atoms with E-state index < -0.39 is 0 Å². The molecule has 3 rings (SSSR count). The van der Waals surface area contributed by atoms with E-state index in [9.17, 15) is 4.79 Å². The van der Waals surface area contributed by atoms with E-state index in [0.717, 1.165) is 16.5 Å². The van der Waals surface area contributed by atoms with Crippen LogP contribution in [0.1, 0.15) is 5.56 Å². The Labute approximate surface area is 126 Å². The Morgan fingerprint density at radius 2 is 2.10 bits per heavy atom. The molecule has 0 spiro atoms.